The first-order chi connectivity index (χ1) is 10.3. The summed E-state index contributed by atoms with van der Waals surface area (Å²) in [7, 11) is 0. The van der Waals surface area contributed by atoms with Crippen LogP contribution in [0.2, 0.25) is 0 Å². The van der Waals surface area contributed by atoms with Crippen LogP contribution in [0.5, 0.6) is 11.8 Å². The zero-order valence-corrected chi connectivity index (χ0v) is 12.6. The maximum atomic E-state index is 9.08. The lowest BCUT2D eigenvalue weighted by molar-refractivity contribution is 0.281. The Morgan fingerprint density at radius 3 is 2.67 bits per heavy atom. The van der Waals surface area contributed by atoms with Crippen molar-refractivity contribution in [3.63, 3.8) is 0 Å². The van der Waals surface area contributed by atoms with E-state index in [1.807, 2.05) is 30.3 Å². The van der Waals surface area contributed by atoms with E-state index in [1.165, 1.54) is 0 Å². The fraction of sp³-hybridized carbons (Fsp3) is 0.0667. The zero-order chi connectivity index (χ0) is 14.7. The van der Waals surface area contributed by atoms with Crippen LogP contribution in [0.15, 0.2) is 59.3 Å². The highest BCUT2D eigenvalue weighted by molar-refractivity contribution is 9.10. The smallest absolute Gasteiger partial charge is 0.341 e. The molecule has 21 heavy (non-hydrogen) atoms. The Balaban J connectivity index is 1.82. The number of aromatic nitrogens is 3. The van der Waals surface area contributed by atoms with Gasteiger partial charge in [-0.25, -0.2) is 4.68 Å². The Kier molecular flexibility index (Phi) is 3.98. The zero-order valence-electron chi connectivity index (χ0n) is 11.0. The molecule has 0 fully saturated rings. The van der Waals surface area contributed by atoms with E-state index in [-0.39, 0.29) is 12.6 Å². The van der Waals surface area contributed by atoms with E-state index in [0.717, 1.165) is 15.7 Å². The molecule has 0 saturated carbocycles. The summed E-state index contributed by atoms with van der Waals surface area (Å²) >= 11 is 3.40. The number of halogens is 1. The van der Waals surface area contributed by atoms with Gasteiger partial charge in [-0.2, -0.15) is 4.98 Å². The van der Waals surface area contributed by atoms with Gasteiger partial charge in [0.15, 0.2) is 0 Å². The van der Waals surface area contributed by atoms with Gasteiger partial charge in [0.05, 0.1) is 16.8 Å². The van der Waals surface area contributed by atoms with Crippen molar-refractivity contribution >= 4 is 15.9 Å². The van der Waals surface area contributed by atoms with Crippen molar-refractivity contribution in [2.75, 3.05) is 0 Å². The van der Waals surface area contributed by atoms with Crippen molar-refractivity contribution in [2.45, 2.75) is 6.61 Å². The van der Waals surface area contributed by atoms with Crippen molar-refractivity contribution in [3.05, 3.63) is 64.9 Å². The highest BCUT2D eigenvalue weighted by Gasteiger charge is 2.08. The van der Waals surface area contributed by atoms with Crippen LogP contribution in [0.25, 0.3) is 5.69 Å². The van der Waals surface area contributed by atoms with Crippen molar-refractivity contribution in [1.82, 2.24) is 14.8 Å². The molecule has 0 spiro atoms. The van der Waals surface area contributed by atoms with Crippen molar-refractivity contribution in [2.24, 2.45) is 0 Å². The molecule has 1 aromatic heterocycles. The number of para-hydroxylation sites is 1. The molecule has 0 radical (unpaired) electrons. The molecule has 0 aliphatic rings. The van der Waals surface area contributed by atoms with Crippen molar-refractivity contribution in [1.29, 1.82) is 0 Å². The van der Waals surface area contributed by atoms with Gasteiger partial charge >= 0.3 is 6.01 Å². The monoisotopic (exact) mass is 345 g/mol. The summed E-state index contributed by atoms with van der Waals surface area (Å²) in [4.78, 5) is 4.13. The first-order valence-corrected chi connectivity index (χ1v) is 7.10. The molecule has 0 saturated heterocycles. The Bertz CT molecular complexity index is 744. The largest absolute Gasteiger partial charge is 0.422 e. The fourth-order valence-electron chi connectivity index (χ4n) is 1.82. The number of aliphatic hydroxyl groups is 1. The number of benzene rings is 2. The summed E-state index contributed by atoms with van der Waals surface area (Å²) in [5, 5.41) is 13.4. The first-order valence-electron chi connectivity index (χ1n) is 6.30. The lowest BCUT2D eigenvalue weighted by Crippen LogP contribution is -1.95. The van der Waals surface area contributed by atoms with Crippen LogP contribution in [0.3, 0.4) is 0 Å². The average Bonchev–Trinajstić information content (AvgIpc) is 2.99. The number of rotatable bonds is 4. The van der Waals surface area contributed by atoms with E-state index in [9.17, 15) is 0 Å². The van der Waals surface area contributed by atoms with Crippen LogP contribution in [0.1, 0.15) is 5.56 Å². The Hall–Kier alpha value is -2.18. The summed E-state index contributed by atoms with van der Waals surface area (Å²) < 4.78 is 8.02. The van der Waals surface area contributed by atoms with Crippen LogP contribution in [0.4, 0.5) is 0 Å². The van der Waals surface area contributed by atoms with Gasteiger partial charge in [0.2, 0.25) is 0 Å². The second-order valence-electron chi connectivity index (χ2n) is 4.33. The third kappa shape index (κ3) is 3.12. The summed E-state index contributed by atoms with van der Waals surface area (Å²) in [6, 6.07) is 15.3. The topological polar surface area (TPSA) is 60.2 Å². The first kappa shape index (κ1) is 13.8. The molecule has 106 valence electrons. The van der Waals surface area contributed by atoms with E-state index in [1.54, 1.807) is 29.2 Å². The van der Waals surface area contributed by atoms with Gasteiger partial charge in [-0.15, -0.1) is 5.10 Å². The van der Waals surface area contributed by atoms with Gasteiger partial charge < -0.3 is 9.84 Å². The minimum atomic E-state index is -0.0141. The van der Waals surface area contributed by atoms with Gasteiger partial charge in [0.1, 0.15) is 12.1 Å². The molecule has 0 atom stereocenters. The van der Waals surface area contributed by atoms with E-state index in [4.69, 9.17) is 9.84 Å². The molecule has 1 heterocycles. The summed E-state index contributed by atoms with van der Waals surface area (Å²) in [6.07, 6.45) is 1.60. The molecule has 6 heteroatoms. The molecule has 0 aliphatic heterocycles. The second-order valence-corrected chi connectivity index (χ2v) is 5.19. The quantitative estimate of drug-likeness (QED) is 0.787. The minimum absolute atomic E-state index is 0.0141. The highest BCUT2D eigenvalue weighted by atomic mass is 79.9. The van der Waals surface area contributed by atoms with E-state index in [2.05, 4.69) is 26.0 Å². The van der Waals surface area contributed by atoms with Crippen molar-refractivity contribution in [3.8, 4) is 17.4 Å². The number of ether oxygens (including phenoxy) is 1. The SMILES string of the molecule is OCc1ccc(Oc2ncn(-c3ccccc3)n2)c(Br)c1. The molecule has 1 N–H and O–H groups in total. The van der Waals surface area contributed by atoms with Gasteiger partial charge in [-0.1, -0.05) is 24.3 Å². The van der Waals surface area contributed by atoms with E-state index in [0.29, 0.717) is 5.75 Å². The van der Waals surface area contributed by atoms with Crippen molar-refractivity contribution < 1.29 is 9.84 Å². The molecule has 0 unspecified atom stereocenters. The summed E-state index contributed by atoms with van der Waals surface area (Å²) in [5.74, 6) is 0.595. The van der Waals surface area contributed by atoms with Gasteiger partial charge in [-0.3, -0.25) is 0 Å². The van der Waals surface area contributed by atoms with Gasteiger partial charge in [0.25, 0.3) is 0 Å². The van der Waals surface area contributed by atoms with Crippen LogP contribution >= 0.6 is 15.9 Å². The standard InChI is InChI=1S/C15H12BrN3O2/c16-13-8-11(9-20)6-7-14(13)21-15-17-10-19(18-15)12-4-2-1-3-5-12/h1-8,10,20H,9H2. The van der Waals surface area contributed by atoms with Crippen LogP contribution < -0.4 is 4.74 Å². The highest BCUT2D eigenvalue weighted by Crippen LogP contribution is 2.29. The molecule has 5 nitrogen and oxygen atoms in total. The minimum Gasteiger partial charge on any atom is -0.422 e. The molecular weight excluding hydrogens is 334 g/mol. The number of hydrogen-bond acceptors (Lipinski definition) is 4. The van der Waals surface area contributed by atoms with Gasteiger partial charge in [-0.05, 0) is 45.8 Å². The Morgan fingerprint density at radius 1 is 1.14 bits per heavy atom. The third-order valence-electron chi connectivity index (χ3n) is 2.87. The van der Waals surface area contributed by atoms with Gasteiger partial charge in [0, 0.05) is 0 Å². The lowest BCUT2D eigenvalue weighted by Gasteiger charge is -2.05. The third-order valence-corrected chi connectivity index (χ3v) is 3.49. The molecule has 0 amide bonds. The van der Waals surface area contributed by atoms with Crippen LogP contribution in [-0.2, 0) is 6.61 Å². The Morgan fingerprint density at radius 2 is 1.95 bits per heavy atom. The number of nitrogens with zero attached hydrogens (tertiary/aromatic N) is 3. The van der Waals surface area contributed by atoms with Crippen LogP contribution in [-0.4, -0.2) is 19.9 Å². The predicted octanol–water partition coefficient (Wildman–Crippen LogP) is 3.31. The van der Waals surface area contributed by atoms with E-state index < -0.39 is 0 Å². The molecule has 3 rings (SSSR count). The number of aliphatic hydroxyl groups excluding tert-OH is 1. The normalized spacial score (nSPS) is 10.6. The van der Waals surface area contributed by atoms with E-state index >= 15 is 0 Å². The maximum absolute atomic E-state index is 9.08. The molecule has 3 aromatic rings. The van der Waals surface area contributed by atoms with Crippen LogP contribution in [0, 0.1) is 0 Å². The maximum Gasteiger partial charge on any atom is 0.341 e. The lowest BCUT2D eigenvalue weighted by atomic mass is 10.2. The fourth-order valence-corrected chi connectivity index (χ4v) is 2.33. The molecule has 0 bridgehead atoms. The molecular formula is C15H12BrN3O2. The predicted molar refractivity (Wildman–Crippen MR) is 81.5 cm³/mol. The Labute approximate surface area is 130 Å². The average molecular weight is 346 g/mol. The summed E-state index contributed by atoms with van der Waals surface area (Å²) in [6.45, 7) is -0.0141. The second kappa shape index (κ2) is 6.07. The summed E-state index contributed by atoms with van der Waals surface area (Å²) in [5.41, 5.74) is 1.71. The molecule has 2 aromatic carbocycles. The number of hydrogen-bond donors (Lipinski definition) is 1. The molecule has 0 aliphatic carbocycles.